The zero-order chi connectivity index (χ0) is 15.9. The van der Waals surface area contributed by atoms with Crippen LogP contribution in [-0.2, 0) is 9.47 Å². The second-order valence-electron chi connectivity index (χ2n) is 4.66. The molecule has 2 aromatic heterocycles. The maximum Gasteiger partial charge on any atom is 0.348 e. The Morgan fingerprint density at radius 3 is 2.86 bits per heavy atom. The van der Waals surface area contributed by atoms with Crippen LogP contribution in [0.5, 0.6) is 0 Å². The van der Waals surface area contributed by atoms with E-state index in [2.05, 4.69) is 15.3 Å². The first kappa shape index (κ1) is 16.6. The van der Waals surface area contributed by atoms with Crippen LogP contribution >= 0.6 is 11.3 Å². The average molecular weight is 323 g/mol. The van der Waals surface area contributed by atoms with Crippen molar-refractivity contribution < 1.29 is 14.3 Å². The van der Waals surface area contributed by atoms with Crippen molar-refractivity contribution in [1.82, 2.24) is 9.97 Å². The van der Waals surface area contributed by atoms with Gasteiger partial charge in [-0.25, -0.2) is 14.8 Å². The van der Waals surface area contributed by atoms with Crippen LogP contribution in [0.1, 0.15) is 35.5 Å². The number of thiophene rings is 1. The minimum absolute atomic E-state index is 0.301. The van der Waals surface area contributed by atoms with Gasteiger partial charge in [-0.1, -0.05) is 0 Å². The molecular formula is C15H21N3O3S. The molecule has 0 fully saturated rings. The summed E-state index contributed by atoms with van der Waals surface area (Å²) in [5.41, 5.74) is 0.867. The Bertz CT molecular complexity index is 642. The summed E-state index contributed by atoms with van der Waals surface area (Å²) in [7, 11) is 0. The van der Waals surface area contributed by atoms with Gasteiger partial charge in [0.15, 0.2) is 0 Å². The van der Waals surface area contributed by atoms with E-state index in [-0.39, 0.29) is 5.97 Å². The lowest BCUT2D eigenvalue weighted by Crippen LogP contribution is -2.07. The average Bonchev–Trinajstić information content (AvgIpc) is 2.85. The molecule has 0 amide bonds. The van der Waals surface area contributed by atoms with Gasteiger partial charge in [0.2, 0.25) is 0 Å². The summed E-state index contributed by atoms with van der Waals surface area (Å²) in [5.74, 6) is 0.455. The first-order valence-corrected chi connectivity index (χ1v) is 8.23. The van der Waals surface area contributed by atoms with Crippen molar-refractivity contribution in [3.8, 4) is 0 Å². The second-order valence-corrected chi connectivity index (χ2v) is 5.66. The van der Waals surface area contributed by atoms with Crippen LogP contribution in [0, 0.1) is 6.92 Å². The van der Waals surface area contributed by atoms with E-state index in [1.807, 2.05) is 13.8 Å². The molecule has 7 heteroatoms. The normalized spacial score (nSPS) is 10.9. The highest BCUT2D eigenvalue weighted by atomic mass is 32.1. The molecule has 0 saturated heterocycles. The number of hydrogen-bond donors (Lipinski definition) is 1. The molecule has 0 aliphatic heterocycles. The number of nitrogens with zero attached hydrogens (tertiary/aromatic N) is 2. The Labute approximate surface area is 133 Å². The third-order valence-electron chi connectivity index (χ3n) is 3.15. The summed E-state index contributed by atoms with van der Waals surface area (Å²) in [6.45, 7) is 8.24. The minimum atomic E-state index is -0.301. The van der Waals surface area contributed by atoms with E-state index in [9.17, 15) is 4.79 Å². The van der Waals surface area contributed by atoms with Gasteiger partial charge >= 0.3 is 5.97 Å². The van der Waals surface area contributed by atoms with Gasteiger partial charge in [-0.3, -0.25) is 0 Å². The highest BCUT2D eigenvalue weighted by Gasteiger charge is 2.19. The second kappa shape index (κ2) is 8.05. The Morgan fingerprint density at radius 2 is 2.14 bits per heavy atom. The van der Waals surface area contributed by atoms with Gasteiger partial charge in [-0.05, 0) is 32.8 Å². The number of hydrogen-bond acceptors (Lipinski definition) is 7. The SMILES string of the molecule is CCOCCCNc1ncnc2sc(C(=O)OCC)c(C)c12. The number of anilines is 1. The van der Waals surface area contributed by atoms with E-state index < -0.39 is 0 Å². The van der Waals surface area contributed by atoms with Crippen molar-refractivity contribution in [3.63, 3.8) is 0 Å². The molecular weight excluding hydrogens is 302 g/mol. The highest BCUT2D eigenvalue weighted by Crippen LogP contribution is 2.33. The highest BCUT2D eigenvalue weighted by molar-refractivity contribution is 7.20. The van der Waals surface area contributed by atoms with Crippen LogP contribution in [0.3, 0.4) is 0 Å². The zero-order valence-corrected chi connectivity index (χ0v) is 14.0. The molecule has 0 radical (unpaired) electrons. The summed E-state index contributed by atoms with van der Waals surface area (Å²) >= 11 is 1.34. The van der Waals surface area contributed by atoms with Crippen molar-refractivity contribution in [1.29, 1.82) is 0 Å². The topological polar surface area (TPSA) is 73.3 Å². The molecule has 0 atom stereocenters. The number of carbonyl (C=O) groups excluding carboxylic acids is 1. The molecule has 2 aromatic rings. The quantitative estimate of drug-likeness (QED) is 0.594. The van der Waals surface area contributed by atoms with Crippen molar-refractivity contribution in [3.05, 3.63) is 16.8 Å². The molecule has 0 unspecified atom stereocenters. The van der Waals surface area contributed by atoms with Gasteiger partial charge in [0, 0.05) is 19.8 Å². The van der Waals surface area contributed by atoms with E-state index in [1.165, 1.54) is 17.7 Å². The number of fused-ring (bicyclic) bond motifs is 1. The minimum Gasteiger partial charge on any atom is -0.462 e. The molecule has 0 aromatic carbocycles. The van der Waals surface area contributed by atoms with E-state index in [0.29, 0.717) is 18.1 Å². The molecule has 0 aliphatic carbocycles. The Morgan fingerprint density at radius 1 is 1.32 bits per heavy atom. The fourth-order valence-electron chi connectivity index (χ4n) is 2.12. The van der Waals surface area contributed by atoms with Gasteiger partial charge in [0.05, 0.1) is 12.0 Å². The first-order chi connectivity index (χ1) is 10.7. The van der Waals surface area contributed by atoms with E-state index >= 15 is 0 Å². The van der Waals surface area contributed by atoms with Crippen LogP contribution in [0.25, 0.3) is 10.2 Å². The zero-order valence-electron chi connectivity index (χ0n) is 13.1. The van der Waals surface area contributed by atoms with Crippen LogP contribution in [-0.4, -0.2) is 42.3 Å². The third-order valence-corrected chi connectivity index (χ3v) is 4.33. The third kappa shape index (κ3) is 3.72. The van der Waals surface area contributed by atoms with Crippen molar-refractivity contribution in [2.24, 2.45) is 0 Å². The fraction of sp³-hybridized carbons (Fsp3) is 0.533. The Balaban J connectivity index is 2.19. The maximum absolute atomic E-state index is 12.0. The van der Waals surface area contributed by atoms with Gasteiger partial charge in [-0.2, -0.15) is 0 Å². The number of aryl methyl sites for hydroxylation is 1. The number of esters is 1. The lowest BCUT2D eigenvalue weighted by Gasteiger charge is -2.07. The molecule has 2 rings (SSSR count). The summed E-state index contributed by atoms with van der Waals surface area (Å²) in [4.78, 5) is 21.9. The fourth-order valence-corrected chi connectivity index (χ4v) is 3.16. The predicted octanol–water partition coefficient (Wildman–Crippen LogP) is 3.01. The molecule has 120 valence electrons. The van der Waals surface area contributed by atoms with E-state index in [1.54, 1.807) is 6.92 Å². The monoisotopic (exact) mass is 323 g/mol. The van der Waals surface area contributed by atoms with Crippen LogP contribution < -0.4 is 5.32 Å². The molecule has 6 nitrogen and oxygen atoms in total. The molecule has 0 spiro atoms. The number of nitrogens with one attached hydrogen (secondary N) is 1. The standard InChI is InChI=1S/C15H21N3O3S/c1-4-20-8-6-7-16-13-11-10(3)12(15(19)21-5-2)22-14(11)18-9-17-13/h9H,4-8H2,1-3H3,(H,16,17,18). The number of rotatable bonds is 8. The largest absolute Gasteiger partial charge is 0.462 e. The summed E-state index contributed by atoms with van der Waals surface area (Å²) < 4.78 is 10.4. The van der Waals surface area contributed by atoms with Crippen molar-refractivity contribution in [2.75, 3.05) is 31.7 Å². The van der Waals surface area contributed by atoms with E-state index in [4.69, 9.17) is 9.47 Å². The van der Waals surface area contributed by atoms with E-state index in [0.717, 1.165) is 41.2 Å². The van der Waals surface area contributed by atoms with Crippen LogP contribution in [0.2, 0.25) is 0 Å². The molecule has 1 N–H and O–H groups in total. The number of ether oxygens (including phenoxy) is 2. The van der Waals surface area contributed by atoms with Crippen LogP contribution in [0.4, 0.5) is 5.82 Å². The van der Waals surface area contributed by atoms with Gasteiger partial charge in [-0.15, -0.1) is 11.3 Å². The van der Waals surface area contributed by atoms with Crippen molar-refractivity contribution >= 4 is 33.3 Å². The first-order valence-electron chi connectivity index (χ1n) is 7.41. The molecule has 22 heavy (non-hydrogen) atoms. The maximum atomic E-state index is 12.0. The number of aromatic nitrogens is 2. The van der Waals surface area contributed by atoms with Gasteiger partial charge in [0.1, 0.15) is 21.9 Å². The molecule has 0 bridgehead atoms. The van der Waals surface area contributed by atoms with Crippen LogP contribution in [0.15, 0.2) is 6.33 Å². The predicted molar refractivity (Wildman–Crippen MR) is 87.7 cm³/mol. The molecule has 0 aliphatic rings. The molecule has 0 saturated carbocycles. The lowest BCUT2D eigenvalue weighted by molar-refractivity contribution is 0.0531. The van der Waals surface area contributed by atoms with Gasteiger partial charge < -0.3 is 14.8 Å². The van der Waals surface area contributed by atoms with Gasteiger partial charge in [0.25, 0.3) is 0 Å². The Kier molecular flexibility index (Phi) is 6.09. The summed E-state index contributed by atoms with van der Waals surface area (Å²) in [6.07, 6.45) is 2.41. The Hall–Kier alpha value is -1.73. The number of carbonyl (C=O) groups is 1. The smallest absolute Gasteiger partial charge is 0.348 e. The lowest BCUT2D eigenvalue weighted by atomic mass is 10.2. The summed E-state index contributed by atoms with van der Waals surface area (Å²) in [5, 5.41) is 4.19. The summed E-state index contributed by atoms with van der Waals surface area (Å²) in [6, 6.07) is 0. The van der Waals surface area contributed by atoms with Crippen molar-refractivity contribution in [2.45, 2.75) is 27.2 Å². The molecule has 2 heterocycles.